The molecule has 0 saturated heterocycles. The van der Waals surface area contributed by atoms with Gasteiger partial charge in [0.05, 0.1) is 34.8 Å². The number of nitrogens with zero attached hydrogens (tertiary/aromatic N) is 2. The van der Waals surface area contributed by atoms with E-state index in [2.05, 4.69) is 5.32 Å². The van der Waals surface area contributed by atoms with E-state index in [0.717, 1.165) is 35.6 Å². The maximum absolute atomic E-state index is 14.7. The molecule has 0 aliphatic heterocycles. The van der Waals surface area contributed by atoms with Gasteiger partial charge < -0.3 is 19.7 Å². The molecule has 1 atom stereocenters. The topological polar surface area (TPSA) is 105 Å². The largest absolute Gasteiger partial charge is 0.493 e. The van der Waals surface area contributed by atoms with Crippen LogP contribution in [0.5, 0.6) is 11.5 Å². The van der Waals surface area contributed by atoms with Crippen LogP contribution in [0.2, 0.25) is 15.1 Å². The molecule has 0 radical (unpaired) electrons. The van der Waals surface area contributed by atoms with E-state index in [1.165, 1.54) is 49.5 Å². The molecule has 0 spiro atoms. The van der Waals surface area contributed by atoms with Crippen LogP contribution in [0.25, 0.3) is 0 Å². The van der Waals surface area contributed by atoms with Gasteiger partial charge >= 0.3 is 0 Å². The summed E-state index contributed by atoms with van der Waals surface area (Å²) in [6, 6.07) is 23.7. The summed E-state index contributed by atoms with van der Waals surface area (Å²) in [5, 5.41) is 4.16. The highest BCUT2D eigenvalue weighted by molar-refractivity contribution is 7.92. The first-order valence-corrected chi connectivity index (χ1v) is 18.7. The Morgan fingerprint density at radius 2 is 1.50 bits per heavy atom. The molecule has 1 aliphatic rings. The van der Waals surface area contributed by atoms with Crippen molar-refractivity contribution in [3.05, 3.63) is 117 Å². The first-order valence-electron chi connectivity index (χ1n) is 16.1. The van der Waals surface area contributed by atoms with Gasteiger partial charge in [0.25, 0.3) is 10.0 Å². The van der Waals surface area contributed by atoms with Gasteiger partial charge in [-0.2, -0.15) is 0 Å². The van der Waals surface area contributed by atoms with Crippen LogP contribution >= 0.6 is 34.8 Å². The van der Waals surface area contributed by atoms with Gasteiger partial charge in [-0.15, -0.1) is 0 Å². The molecular formula is C37H38Cl3N3O6S. The van der Waals surface area contributed by atoms with Crippen LogP contribution in [0.3, 0.4) is 0 Å². The van der Waals surface area contributed by atoms with Crippen molar-refractivity contribution in [3.63, 3.8) is 0 Å². The van der Waals surface area contributed by atoms with Crippen LogP contribution in [-0.4, -0.2) is 58.0 Å². The van der Waals surface area contributed by atoms with E-state index in [-0.39, 0.29) is 46.3 Å². The van der Waals surface area contributed by atoms with Crippen molar-refractivity contribution >= 4 is 62.3 Å². The Bertz CT molecular complexity index is 1910. The van der Waals surface area contributed by atoms with Gasteiger partial charge in [-0.3, -0.25) is 13.9 Å². The molecule has 0 unspecified atom stereocenters. The smallest absolute Gasteiger partial charge is 0.264 e. The summed E-state index contributed by atoms with van der Waals surface area (Å²) in [6.07, 6.45) is 3.89. The number of benzene rings is 4. The van der Waals surface area contributed by atoms with E-state index in [4.69, 9.17) is 44.3 Å². The average molecular weight is 759 g/mol. The Morgan fingerprint density at radius 3 is 2.14 bits per heavy atom. The number of hydrogen-bond donors (Lipinski definition) is 1. The first-order chi connectivity index (χ1) is 24.0. The fraction of sp³-hybridized carbons (Fsp3) is 0.297. The molecule has 13 heteroatoms. The summed E-state index contributed by atoms with van der Waals surface area (Å²) in [4.78, 5) is 30.2. The van der Waals surface area contributed by atoms with Gasteiger partial charge in [-0.25, -0.2) is 8.42 Å². The summed E-state index contributed by atoms with van der Waals surface area (Å²) in [6.45, 7) is -0.683. The molecule has 1 N–H and O–H groups in total. The van der Waals surface area contributed by atoms with E-state index < -0.39 is 28.5 Å². The van der Waals surface area contributed by atoms with Gasteiger partial charge in [0.1, 0.15) is 12.6 Å². The van der Waals surface area contributed by atoms with Gasteiger partial charge in [0.15, 0.2) is 11.5 Å². The normalized spacial score (nSPS) is 13.8. The molecule has 5 rings (SSSR count). The first kappa shape index (κ1) is 37.3. The number of carbonyl (C=O) groups is 2. The molecule has 0 heterocycles. The molecule has 4 aromatic carbocycles. The highest BCUT2D eigenvalue weighted by atomic mass is 35.5. The summed E-state index contributed by atoms with van der Waals surface area (Å²) in [5.41, 5.74) is 1.64. The SMILES string of the molecule is COc1ccc(S(=O)(=O)N(CC(=O)N(Cc2ccc(Cl)c(Cl)c2)[C@H](Cc2ccccc2)C(=O)NC2CCCC2)c2ccc(Cl)cc2)cc1OC. The van der Waals surface area contributed by atoms with E-state index >= 15 is 0 Å². The minimum atomic E-state index is -4.39. The Hall–Kier alpha value is -3.96. The van der Waals surface area contributed by atoms with E-state index in [9.17, 15) is 18.0 Å². The number of halogens is 3. The molecule has 4 aromatic rings. The molecular weight excluding hydrogens is 721 g/mol. The third-order valence-corrected chi connectivity index (χ3v) is 11.4. The third kappa shape index (κ3) is 9.03. The molecule has 2 amide bonds. The van der Waals surface area contributed by atoms with E-state index in [1.54, 1.807) is 30.3 Å². The third-order valence-electron chi connectivity index (χ3n) is 8.65. The molecule has 264 valence electrons. The number of sulfonamides is 1. The zero-order valence-corrected chi connectivity index (χ0v) is 30.7. The van der Waals surface area contributed by atoms with E-state index in [0.29, 0.717) is 21.4 Å². The second-order valence-electron chi connectivity index (χ2n) is 12.0. The molecule has 0 bridgehead atoms. The van der Waals surface area contributed by atoms with E-state index in [1.807, 2.05) is 30.3 Å². The molecule has 9 nitrogen and oxygen atoms in total. The number of ether oxygens (including phenoxy) is 2. The van der Waals surface area contributed by atoms with Crippen molar-refractivity contribution in [2.24, 2.45) is 0 Å². The van der Waals surface area contributed by atoms with Gasteiger partial charge in [0, 0.05) is 30.1 Å². The fourth-order valence-electron chi connectivity index (χ4n) is 6.00. The monoisotopic (exact) mass is 757 g/mol. The van der Waals surface area contributed by atoms with Gasteiger partial charge in [0.2, 0.25) is 11.8 Å². The van der Waals surface area contributed by atoms with Crippen molar-refractivity contribution < 1.29 is 27.5 Å². The van der Waals surface area contributed by atoms with Crippen molar-refractivity contribution in [2.45, 2.75) is 55.6 Å². The highest BCUT2D eigenvalue weighted by Gasteiger charge is 2.36. The van der Waals surface area contributed by atoms with Crippen molar-refractivity contribution in [2.75, 3.05) is 25.1 Å². The summed E-state index contributed by atoms with van der Waals surface area (Å²) in [7, 11) is -1.55. The number of amides is 2. The fourth-order valence-corrected chi connectivity index (χ4v) is 7.87. The van der Waals surface area contributed by atoms with Crippen LogP contribution in [0, 0.1) is 0 Å². The number of rotatable bonds is 14. The Balaban J connectivity index is 1.59. The van der Waals surface area contributed by atoms with Crippen molar-refractivity contribution in [1.29, 1.82) is 0 Å². The lowest BCUT2D eigenvalue weighted by atomic mass is 10.0. The number of carbonyl (C=O) groups excluding carboxylic acids is 2. The summed E-state index contributed by atoms with van der Waals surface area (Å²) in [5.74, 6) is -0.401. The molecule has 1 saturated carbocycles. The number of methoxy groups -OCH3 is 2. The lowest BCUT2D eigenvalue weighted by Gasteiger charge is -2.34. The van der Waals surface area contributed by atoms with Crippen LogP contribution in [-0.2, 0) is 32.6 Å². The lowest BCUT2D eigenvalue weighted by Crippen LogP contribution is -2.54. The molecule has 1 fully saturated rings. The molecule has 50 heavy (non-hydrogen) atoms. The second-order valence-corrected chi connectivity index (χ2v) is 15.1. The highest BCUT2D eigenvalue weighted by Crippen LogP contribution is 2.33. The Morgan fingerprint density at radius 1 is 0.820 bits per heavy atom. The van der Waals surface area contributed by atoms with Crippen molar-refractivity contribution in [1.82, 2.24) is 10.2 Å². The Labute approximate surface area is 308 Å². The predicted molar refractivity (Wildman–Crippen MR) is 197 cm³/mol. The number of nitrogens with one attached hydrogen (secondary N) is 1. The minimum Gasteiger partial charge on any atom is -0.493 e. The maximum atomic E-state index is 14.7. The van der Waals surface area contributed by atoms with Crippen molar-refractivity contribution in [3.8, 4) is 11.5 Å². The Kier molecular flexibility index (Phi) is 12.6. The van der Waals surface area contributed by atoms with Gasteiger partial charge in [-0.1, -0.05) is 84.0 Å². The standard InChI is InChI=1S/C37H38Cl3N3O6S/c1-48-34-19-17-30(22-35(34)49-2)50(46,47)43(29-15-13-27(38)14-16-29)24-36(44)42(23-26-12-18-31(39)32(40)20-26)33(21-25-8-4-3-5-9-25)37(45)41-28-10-6-7-11-28/h3-5,8-9,12-20,22,28,33H,6-7,10-11,21,23-24H2,1-2H3,(H,41,45)/t33-/m1/s1. The number of anilines is 1. The second kappa shape index (κ2) is 16.8. The minimum absolute atomic E-state index is 0.0151. The van der Waals surface area contributed by atoms with Gasteiger partial charge in [-0.05, 0) is 72.5 Å². The maximum Gasteiger partial charge on any atom is 0.264 e. The van der Waals surface area contributed by atoms with Crippen LogP contribution in [0.15, 0.2) is 95.9 Å². The molecule has 1 aliphatic carbocycles. The zero-order chi connectivity index (χ0) is 35.8. The van der Waals surface area contributed by atoms with Crippen LogP contribution < -0.4 is 19.1 Å². The predicted octanol–water partition coefficient (Wildman–Crippen LogP) is 7.56. The van der Waals surface area contributed by atoms with Crippen LogP contribution in [0.4, 0.5) is 5.69 Å². The molecule has 0 aromatic heterocycles. The van der Waals surface area contributed by atoms with Crippen LogP contribution in [0.1, 0.15) is 36.8 Å². The summed E-state index contributed by atoms with van der Waals surface area (Å²) < 4.78 is 40.5. The number of hydrogen-bond acceptors (Lipinski definition) is 6. The quantitative estimate of drug-likeness (QED) is 0.142. The lowest BCUT2D eigenvalue weighted by molar-refractivity contribution is -0.140. The zero-order valence-electron chi connectivity index (χ0n) is 27.7. The average Bonchev–Trinajstić information content (AvgIpc) is 3.63. The summed E-state index contributed by atoms with van der Waals surface area (Å²) >= 11 is 18.8.